The molecule has 162 valence electrons. The van der Waals surface area contributed by atoms with Crippen LogP contribution in [0.25, 0.3) is 5.57 Å². The van der Waals surface area contributed by atoms with Crippen LogP contribution >= 0.6 is 0 Å². The normalized spacial score (nSPS) is 15.0. The number of aliphatic imine (C=N–C) groups is 1. The molecule has 0 bridgehead atoms. The quantitative estimate of drug-likeness (QED) is 0.470. The summed E-state index contributed by atoms with van der Waals surface area (Å²) in [6, 6.07) is 9.43. The molecule has 0 aliphatic heterocycles. The van der Waals surface area contributed by atoms with Crippen LogP contribution in [0, 0.1) is 12.8 Å². The maximum atomic E-state index is 12.6. The van der Waals surface area contributed by atoms with Crippen LogP contribution in [-0.2, 0) is 4.79 Å². The molecular formula is C24H30N6O. The number of rotatable bonds is 7. The zero-order chi connectivity index (χ0) is 22.4. The number of nitrogens with one attached hydrogen (secondary N) is 1. The smallest absolute Gasteiger partial charge is 0.254 e. The van der Waals surface area contributed by atoms with Crippen molar-refractivity contribution >= 4 is 23.0 Å². The topological polar surface area (TPSA) is 119 Å². The zero-order valence-electron chi connectivity index (χ0n) is 18.4. The number of amides is 1. The molecule has 1 aliphatic carbocycles. The fourth-order valence-corrected chi connectivity index (χ4v) is 3.44. The van der Waals surface area contributed by atoms with Gasteiger partial charge in [-0.25, -0.2) is 9.98 Å². The first-order chi connectivity index (χ1) is 14.9. The van der Waals surface area contributed by atoms with Crippen molar-refractivity contribution in [3.63, 3.8) is 0 Å². The lowest BCUT2D eigenvalue weighted by Crippen LogP contribution is -2.28. The van der Waals surface area contributed by atoms with Gasteiger partial charge in [0.25, 0.3) is 5.91 Å². The van der Waals surface area contributed by atoms with E-state index in [1.807, 2.05) is 51.1 Å². The van der Waals surface area contributed by atoms with Gasteiger partial charge in [-0.3, -0.25) is 9.78 Å². The number of carbonyl (C=O) groups excluding carboxylic acids is 1. The molecule has 2 heterocycles. The minimum absolute atomic E-state index is 0.251. The van der Waals surface area contributed by atoms with Crippen molar-refractivity contribution in [1.82, 2.24) is 15.3 Å². The Hall–Kier alpha value is -3.48. The third kappa shape index (κ3) is 5.57. The fraction of sp³-hybridized carbons (Fsp3) is 0.333. The van der Waals surface area contributed by atoms with E-state index in [-0.39, 0.29) is 5.91 Å². The van der Waals surface area contributed by atoms with Gasteiger partial charge >= 0.3 is 0 Å². The van der Waals surface area contributed by atoms with E-state index in [2.05, 4.69) is 15.3 Å². The highest BCUT2D eigenvalue weighted by atomic mass is 16.1. The summed E-state index contributed by atoms with van der Waals surface area (Å²) >= 11 is 0. The summed E-state index contributed by atoms with van der Waals surface area (Å²) < 4.78 is 0. The maximum Gasteiger partial charge on any atom is 0.254 e. The van der Waals surface area contributed by atoms with Gasteiger partial charge in [0.15, 0.2) is 5.82 Å². The van der Waals surface area contributed by atoms with E-state index in [1.165, 1.54) is 6.20 Å². The lowest BCUT2D eigenvalue weighted by molar-refractivity contribution is -0.115. The Bertz CT molecular complexity index is 1050. The Morgan fingerprint density at radius 2 is 2.10 bits per heavy atom. The van der Waals surface area contributed by atoms with Crippen LogP contribution in [-0.4, -0.2) is 28.1 Å². The lowest BCUT2D eigenvalue weighted by atomic mass is 9.99. The van der Waals surface area contributed by atoms with Crippen molar-refractivity contribution < 1.29 is 4.79 Å². The predicted molar refractivity (Wildman–Crippen MR) is 124 cm³/mol. The molecule has 1 aliphatic rings. The molecule has 0 fully saturated rings. The number of aromatic nitrogens is 2. The van der Waals surface area contributed by atoms with E-state index in [1.54, 1.807) is 6.20 Å². The minimum atomic E-state index is -0.251. The molecule has 0 spiro atoms. The predicted octanol–water partition coefficient (Wildman–Crippen LogP) is 3.37. The number of nitrogens with two attached hydrogens (primary N) is 2. The SMILES string of the molecule is Cc1cccc(N=C(C2=C(N)CCC2)c2ccnc(C(=CN)C(=O)NCC(C)C)c2)n1. The van der Waals surface area contributed by atoms with Crippen molar-refractivity contribution in [2.24, 2.45) is 22.4 Å². The first-order valence-electron chi connectivity index (χ1n) is 10.6. The highest BCUT2D eigenvalue weighted by molar-refractivity contribution is 6.20. The average molecular weight is 419 g/mol. The second-order valence-electron chi connectivity index (χ2n) is 8.07. The largest absolute Gasteiger partial charge is 0.404 e. The van der Waals surface area contributed by atoms with Crippen molar-refractivity contribution in [3.8, 4) is 0 Å². The van der Waals surface area contributed by atoms with E-state index < -0.39 is 0 Å². The molecule has 2 aromatic rings. The van der Waals surface area contributed by atoms with Crippen LogP contribution in [0.4, 0.5) is 5.82 Å². The van der Waals surface area contributed by atoms with Gasteiger partial charge in [-0.1, -0.05) is 19.9 Å². The maximum absolute atomic E-state index is 12.6. The van der Waals surface area contributed by atoms with Crippen LogP contribution in [0.15, 0.2) is 59.0 Å². The van der Waals surface area contributed by atoms with Gasteiger partial charge in [0.1, 0.15) is 0 Å². The average Bonchev–Trinajstić information content (AvgIpc) is 3.17. The number of aryl methyl sites for hydroxylation is 1. The summed E-state index contributed by atoms with van der Waals surface area (Å²) in [4.78, 5) is 26.4. The summed E-state index contributed by atoms with van der Waals surface area (Å²) in [6.45, 7) is 6.56. The summed E-state index contributed by atoms with van der Waals surface area (Å²) in [7, 11) is 0. The third-order valence-electron chi connectivity index (χ3n) is 5.04. The summed E-state index contributed by atoms with van der Waals surface area (Å²) in [5.74, 6) is 0.698. The fourth-order valence-electron chi connectivity index (χ4n) is 3.44. The van der Waals surface area contributed by atoms with Gasteiger partial charge < -0.3 is 16.8 Å². The van der Waals surface area contributed by atoms with E-state index in [9.17, 15) is 4.79 Å². The van der Waals surface area contributed by atoms with Crippen molar-refractivity contribution in [3.05, 3.63) is 71.0 Å². The van der Waals surface area contributed by atoms with Crippen molar-refractivity contribution in [2.75, 3.05) is 6.54 Å². The Labute approximate surface area is 183 Å². The summed E-state index contributed by atoms with van der Waals surface area (Å²) in [5.41, 5.74) is 17.2. The van der Waals surface area contributed by atoms with E-state index >= 15 is 0 Å². The first kappa shape index (κ1) is 22.2. The number of nitrogens with zero attached hydrogens (tertiary/aromatic N) is 3. The number of hydrogen-bond donors (Lipinski definition) is 3. The number of carbonyl (C=O) groups is 1. The van der Waals surface area contributed by atoms with Gasteiger partial charge in [-0.05, 0) is 61.9 Å². The summed E-state index contributed by atoms with van der Waals surface area (Å²) in [5, 5.41) is 2.89. The van der Waals surface area contributed by atoms with Crippen LogP contribution in [0.5, 0.6) is 0 Å². The van der Waals surface area contributed by atoms with E-state index in [0.29, 0.717) is 29.5 Å². The van der Waals surface area contributed by atoms with Gasteiger partial charge in [-0.2, -0.15) is 0 Å². The minimum Gasteiger partial charge on any atom is -0.404 e. The van der Waals surface area contributed by atoms with E-state index in [0.717, 1.165) is 47.5 Å². The molecular weight excluding hydrogens is 388 g/mol. The molecule has 7 heteroatoms. The molecule has 0 saturated carbocycles. The number of allylic oxidation sites excluding steroid dienone is 2. The molecule has 31 heavy (non-hydrogen) atoms. The monoisotopic (exact) mass is 418 g/mol. The third-order valence-corrected chi connectivity index (χ3v) is 5.04. The molecule has 7 nitrogen and oxygen atoms in total. The van der Waals surface area contributed by atoms with Crippen molar-refractivity contribution in [1.29, 1.82) is 0 Å². The number of hydrogen-bond acceptors (Lipinski definition) is 6. The molecule has 0 aromatic carbocycles. The molecule has 1 amide bonds. The highest BCUT2D eigenvalue weighted by Gasteiger charge is 2.21. The molecule has 0 unspecified atom stereocenters. The van der Waals surface area contributed by atoms with E-state index in [4.69, 9.17) is 16.5 Å². The second kappa shape index (κ2) is 10.0. The molecule has 5 N–H and O–H groups in total. The van der Waals surface area contributed by atoms with Gasteiger partial charge in [0.05, 0.1) is 17.0 Å². The summed E-state index contributed by atoms with van der Waals surface area (Å²) in [6.07, 6.45) is 5.64. The highest BCUT2D eigenvalue weighted by Crippen LogP contribution is 2.28. The van der Waals surface area contributed by atoms with Gasteiger partial charge in [-0.15, -0.1) is 0 Å². The zero-order valence-corrected chi connectivity index (χ0v) is 18.4. The van der Waals surface area contributed by atoms with Gasteiger partial charge in [0.2, 0.25) is 0 Å². The Morgan fingerprint density at radius 1 is 1.29 bits per heavy atom. The lowest BCUT2D eigenvalue weighted by Gasteiger charge is -2.13. The van der Waals surface area contributed by atoms with Crippen LogP contribution < -0.4 is 16.8 Å². The van der Waals surface area contributed by atoms with Crippen molar-refractivity contribution in [2.45, 2.75) is 40.0 Å². The first-order valence-corrected chi connectivity index (χ1v) is 10.6. The Balaban J connectivity index is 2.03. The number of pyridine rings is 2. The molecule has 0 saturated heterocycles. The van der Waals surface area contributed by atoms with Gasteiger partial charge in [0, 0.05) is 35.9 Å². The molecule has 0 radical (unpaired) electrons. The molecule has 0 atom stereocenters. The molecule has 2 aromatic heterocycles. The second-order valence-corrected chi connectivity index (χ2v) is 8.07. The Morgan fingerprint density at radius 3 is 2.74 bits per heavy atom. The van der Waals surface area contributed by atoms with Crippen LogP contribution in [0.2, 0.25) is 0 Å². The van der Waals surface area contributed by atoms with Crippen LogP contribution in [0.3, 0.4) is 0 Å². The Kier molecular flexibility index (Phi) is 7.18. The standard InChI is InChI=1S/C24H30N6O/c1-15(2)14-28-24(31)19(13-25)21-12-17(10-11-27-21)23(18-7-5-8-20(18)26)30-22-9-4-6-16(3)29-22/h4,6,9-13,15H,5,7-8,14,25-26H2,1-3H3,(H,28,31). The molecule has 3 rings (SSSR count). The van der Waals surface area contributed by atoms with Crippen LogP contribution in [0.1, 0.15) is 50.1 Å².